The molecule has 78 valence electrons. The van der Waals surface area contributed by atoms with Crippen molar-refractivity contribution in [3.63, 3.8) is 0 Å². The third-order valence-electron chi connectivity index (χ3n) is 1.76. The van der Waals surface area contributed by atoms with Crippen molar-refractivity contribution in [2.75, 3.05) is 6.61 Å². The molecule has 0 unspecified atom stereocenters. The van der Waals surface area contributed by atoms with E-state index in [2.05, 4.69) is 16.6 Å². The first kappa shape index (κ1) is 11.1. The van der Waals surface area contributed by atoms with E-state index in [0.717, 1.165) is 5.56 Å². The number of primary amides is 1. The van der Waals surface area contributed by atoms with Crippen molar-refractivity contribution in [1.29, 1.82) is 0 Å². The number of hydrogen-bond acceptors (Lipinski definition) is 2. The molecule has 3 heteroatoms. The van der Waals surface area contributed by atoms with Gasteiger partial charge < -0.3 is 10.5 Å². The van der Waals surface area contributed by atoms with Crippen molar-refractivity contribution < 1.29 is 9.53 Å². The molecular weight excluding hydrogens is 190 g/mol. The quantitative estimate of drug-likeness (QED) is 0.589. The maximum atomic E-state index is 10.2. The molecule has 0 heterocycles. The predicted octanol–water partition coefficient (Wildman–Crippen LogP) is 1.83. The minimum absolute atomic E-state index is 0.244. The van der Waals surface area contributed by atoms with Gasteiger partial charge in [-0.15, -0.1) is 0 Å². The highest BCUT2D eigenvalue weighted by Gasteiger charge is 1.89. The van der Waals surface area contributed by atoms with Crippen molar-refractivity contribution in [1.82, 2.24) is 0 Å². The van der Waals surface area contributed by atoms with Gasteiger partial charge in [0, 0.05) is 12.0 Å². The highest BCUT2D eigenvalue weighted by molar-refractivity contribution is 5.64. The minimum Gasteiger partial charge on any atom is -0.449 e. The van der Waals surface area contributed by atoms with E-state index in [-0.39, 0.29) is 6.61 Å². The Labute approximate surface area is 89.2 Å². The Morgan fingerprint density at radius 3 is 2.67 bits per heavy atom. The van der Waals surface area contributed by atoms with E-state index in [1.807, 2.05) is 31.2 Å². The molecule has 0 radical (unpaired) electrons. The van der Waals surface area contributed by atoms with Crippen molar-refractivity contribution in [3.8, 4) is 11.8 Å². The fourth-order valence-corrected chi connectivity index (χ4v) is 1.00. The van der Waals surface area contributed by atoms with Gasteiger partial charge in [-0.05, 0) is 19.1 Å². The first-order chi connectivity index (χ1) is 7.18. The van der Waals surface area contributed by atoms with Gasteiger partial charge in [-0.2, -0.15) is 0 Å². The topological polar surface area (TPSA) is 52.3 Å². The molecular formula is C12H13NO2. The Bertz CT molecular complexity index is 384. The van der Waals surface area contributed by atoms with E-state index in [4.69, 9.17) is 5.73 Å². The summed E-state index contributed by atoms with van der Waals surface area (Å²) in [5, 5.41) is 0. The van der Waals surface area contributed by atoms with Crippen LogP contribution >= 0.6 is 0 Å². The number of amides is 1. The fraction of sp³-hybridized carbons (Fsp3) is 0.250. The zero-order valence-electron chi connectivity index (χ0n) is 8.62. The average molecular weight is 203 g/mol. The summed E-state index contributed by atoms with van der Waals surface area (Å²) in [5.74, 6) is 5.86. The van der Waals surface area contributed by atoms with Crippen LogP contribution in [0, 0.1) is 18.8 Å². The van der Waals surface area contributed by atoms with E-state index in [9.17, 15) is 4.79 Å². The number of carbonyl (C=O) groups is 1. The zero-order valence-corrected chi connectivity index (χ0v) is 8.62. The third-order valence-corrected chi connectivity index (χ3v) is 1.76. The predicted molar refractivity (Wildman–Crippen MR) is 58.2 cm³/mol. The SMILES string of the molecule is Cc1ccc(C#CCCOC(N)=O)cc1. The van der Waals surface area contributed by atoms with Gasteiger partial charge in [0.05, 0.1) is 0 Å². The van der Waals surface area contributed by atoms with Crippen LogP contribution in [0.4, 0.5) is 4.79 Å². The summed E-state index contributed by atoms with van der Waals surface area (Å²) in [6, 6.07) is 7.92. The van der Waals surface area contributed by atoms with Crippen molar-refractivity contribution >= 4 is 6.09 Å². The van der Waals surface area contributed by atoms with Crippen LogP contribution in [0.5, 0.6) is 0 Å². The smallest absolute Gasteiger partial charge is 0.404 e. The monoisotopic (exact) mass is 203 g/mol. The van der Waals surface area contributed by atoms with Crippen molar-refractivity contribution in [3.05, 3.63) is 35.4 Å². The third kappa shape index (κ3) is 4.72. The van der Waals surface area contributed by atoms with Gasteiger partial charge in [-0.25, -0.2) is 4.79 Å². The summed E-state index contributed by atoms with van der Waals surface area (Å²) >= 11 is 0. The number of rotatable bonds is 2. The molecule has 1 rings (SSSR count). The van der Waals surface area contributed by atoms with E-state index in [1.165, 1.54) is 5.56 Å². The lowest BCUT2D eigenvalue weighted by Crippen LogP contribution is -2.13. The summed E-state index contributed by atoms with van der Waals surface area (Å²) in [4.78, 5) is 10.2. The molecule has 0 atom stereocenters. The van der Waals surface area contributed by atoms with E-state index >= 15 is 0 Å². The second-order valence-corrected chi connectivity index (χ2v) is 3.09. The van der Waals surface area contributed by atoms with Crippen LogP contribution in [0.25, 0.3) is 0 Å². The Hall–Kier alpha value is -1.95. The minimum atomic E-state index is -0.757. The summed E-state index contributed by atoms with van der Waals surface area (Å²) in [6.45, 7) is 2.27. The van der Waals surface area contributed by atoms with Gasteiger partial charge in [0.25, 0.3) is 0 Å². The van der Waals surface area contributed by atoms with E-state index < -0.39 is 6.09 Å². The molecule has 15 heavy (non-hydrogen) atoms. The molecule has 0 saturated heterocycles. The molecule has 0 spiro atoms. The van der Waals surface area contributed by atoms with Gasteiger partial charge >= 0.3 is 6.09 Å². The zero-order chi connectivity index (χ0) is 11.1. The molecule has 2 N–H and O–H groups in total. The standard InChI is InChI=1S/C12H13NO2/c1-10-5-7-11(8-6-10)4-2-3-9-15-12(13)14/h5-8H,3,9H2,1H3,(H2,13,14). The molecule has 0 fully saturated rings. The number of aryl methyl sites for hydroxylation is 1. The van der Waals surface area contributed by atoms with Crippen LogP contribution in [-0.4, -0.2) is 12.7 Å². The van der Waals surface area contributed by atoms with Crippen LogP contribution in [0.15, 0.2) is 24.3 Å². The molecule has 1 aromatic rings. The lowest BCUT2D eigenvalue weighted by Gasteiger charge is -1.94. The Morgan fingerprint density at radius 2 is 2.07 bits per heavy atom. The Kier molecular flexibility index (Phi) is 4.24. The lowest BCUT2D eigenvalue weighted by molar-refractivity contribution is 0.159. The molecule has 0 aliphatic rings. The maximum Gasteiger partial charge on any atom is 0.404 e. The van der Waals surface area contributed by atoms with Gasteiger partial charge in [0.2, 0.25) is 0 Å². The maximum absolute atomic E-state index is 10.2. The second-order valence-electron chi connectivity index (χ2n) is 3.09. The fourth-order valence-electron chi connectivity index (χ4n) is 1.00. The van der Waals surface area contributed by atoms with Gasteiger partial charge in [0.1, 0.15) is 6.61 Å². The second kappa shape index (κ2) is 5.71. The van der Waals surface area contributed by atoms with Gasteiger partial charge in [-0.1, -0.05) is 29.5 Å². The van der Waals surface area contributed by atoms with E-state index in [0.29, 0.717) is 6.42 Å². The molecule has 0 aliphatic carbocycles. The Balaban J connectivity index is 2.38. The van der Waals surface area contributed by atoms with Crippen molar-refractivity contribution in [2.24, 2.45) is 5.73 Å². The number of benzene rings is 1. The summed E-state index contributed by atoms with van der Waals surface area (Å²) in [7, 11) is 0. The highest BCUT2D eigenvalue weighted by Crippen LogP contribution is 2.00. The van der Waals surface area contributed by atoms with Crippen LogP contribution < -0.4 is 5.73 Å². The van der Waals surface area contributed by atoms with E-state index in [1.54, 1.807) is 0 Å². The van der Waals surface area contributed by atoms with Gasteiger partial charge in [0.15, 0.2) is 0 Å². The number of carbonyl (C=O) groups excluding carboxylic acids is 1. The largest absolute Gasteiger partial charge is 0.449 e. The van der Waals surface area contributed by atoms with Crippen LogP contribution in [0.2, 0.25) is 0 Å². The Morgan fingerprint density at radius 1 is 1.40 bits per heavy atom. The number of ether oxygens (including phenoxy) is 1. The molecule has 1 aromatic carbocycles. The van der Waals surface area contributed by atoms with Crippen LogP contribution in [0.1, 0.15) is 17.5 Å². The first-order valence-corrected chi connectivity index (χ1v) is 4.66. The number of hydrogen-bond donors (Lipinski definition) is 1. The van der Waals surface area contributed by atoms with Crippen LogP contribution in [0.3, 0.4) is 0 Å². The number of nitrogens with two attached hydrogens (primary N) is 1. The molecule has 3 nitrogen and oxygen atoms in total. The summed E-state index contributed by atoms with van der Waals surface area (Å²) in [6.07, 6.45) is -0.260. The van der Waals surface area contributed by atoms with Gasteiger partial charge in [-0.3, -0.25) is 0 Å². The summed E-state index contributed by atoms with van der Waals surface area (Å²) < 4.78 is 4.54. The normalized spacial score (nSPS) is 8.87. The highest BCUT2D eigenvalue weighted by atomic mass is 16.5. The average Bonchev–Trinajstić information content (AvgIpc) is 2.20. The van der Waals surface area contributed by atoms with Crippen molar-refractivity contribution in [2.45, 2.75) is 13.3 Å². The first-order valence-electron chi connectivity index (χ1n) is 4.66. The molecule has 0 bridgehead atoms. The molecule has 0 aromatic heterocycles. The molecule has 0 aliphatic heterocycles. The van der Waals surface area contributed by atoms with Crippen LogP contribution in [-0.2, 0) is 4.74 Å². The lowest BCUT2D eigenvalue weighted by atomic mass is 10.1. The molecule has 0 saturated carbocycles. The molecule has 1 amide bonds. The summed E-state index contributed by atoms with van der Waals surface area (Å²) in [5.41, 5.74) is 6.96.